The van der Waals surface area contributed by atoms with E-state index in [0.29, 0.717) is 23.7 Å². The molecule has 0 aliphatic rings. The Morgan fingerprint density at radius 1 is 1.12 bits per heavy atom. The molecule has 0 aliphatic heterocycles. The van der Waals surface area contributed by atoms with E-state index in [1.54, 1.807) is 19.1 Å². The number of hydrogen-bond donors (Lipinski definition) is 1. The number of nitrogens with one attached hydrogen (secondary N) is 1. The van der Waals surface area contributed by atoms with Crippen LogP contribution in [0.25, 0.3) is 11.0 Å². The second kappa shape index (κ2) is 9.46. The fourth-order valence-corrected chi connectivity index (χ4v) is 3.38. The van der Waals surface area contributed by atoms with E-state index in [-0.39, 0.29) is 22.8 Å². The third-order valence-corrected chi connectivity index (χ3v) is 4.83. The number of hydrogen-bond acceptors (Lipinski definition) is 8. The van der Waals surface area contributed by atoms with Crippen LogP contribution in [0.5, 0.6) is 23.0 Å². The Labute approximate surface area is 184 Å². The maximum atomic E-state index is 13.0. The summed E-state index contributed by atoms with van der Waals surface area (Å²) in [4.78, 5) is 24.1. The normalized spacial score (nSPS) is 11.7. The van der Waals surface area contributed by atoms with Gasteiger partial charge in [-0.2, -0.15) is 0 Å². The van der Waals surface area contributed by atoms with E-state index in [1.807, 2.05) is 19.1 Å². The van der Waals surface area contributed by atoms with Gasteiger partial charge in [0.25, 0.3) is 5.91 Å². The van der Waals surface area contributed by atoms with Gasteiger partial charge in [-0.3, -0.25) is 14.9 Å². The summed E-state index contributed by atoms with van der Waals surface area (Å²) in [5.41, 5.74) is -0.204. The Bertz CT molecular complexity index is 1150. The van der Waals surface area contributed by atoms with Crippen LogP contribution in [0.3, 0.4) is 0 Å². The lowest BCUT2D eigenvalue weighted by molar-refractivity contribution is -0.386. The number of nitro groups is 1. The zero-order chi connectivity index (χ0) is 23.4. The minimum absolute atomic E-state index is 0.0204. The van der Waals surface area contributed by atoms with Gasteiger partial charge in [-0.25, -0.2) is 0 Å². The molecule has 0 aliphatic carbocycles. The van der Waals surface area contributed by atoms with E-state index in [2.05, 4.69) is 5.32 Å². The first kappa shape index (κ1) is 22.7. The van der Waals surface area contributed by atoms with Crippen molar-refractivity contribution in [2.75, 3.05) is 27.9 Å². The van der Waals surface area contributed by atoms with Gasteiger partial charge in [0.05, 0.1) is 38.9 Å². The van der Waals surface area contributed by atoms with Gasteiger partial charge in [0.15, 0.2) is 17.1 Å². The van der Waals surface area contributed by atoms with Crippen molar-refractivity contribution in [3.63, 3.8) is 0 Å². The standard InChI is InChI=1S/C22H24N2O8/c1-6-31-15-9-7-8-13-10-16(32-19(13)15)12(2)23-22(25)14-11-17(28-3)20(29-4)21(30-5)18(14)24(26)27/h7-12H,6H2,1-5H3,(H,23,25). The molecular weight excluding hydrogens is 420 g/mol. The number of carbonyl (C=O) groups excluding carboxylic acids is 1. The van der Waals surface area contributed by atoms with Crippen molar-refractivity contribution in [3.8, 4) is 23.0 Å². The summed E-state index contributed by atoms with van der Waals surface area (Å²) in [6.07, 6.45) is 0. The van der Waals surface area contributed by atoms with E-state index in [1.165, 1.54) is 27.4 Å². The topological polar surface area (TPSA) is 122 Å². The lowest BCUT2D eigenvalue weighted by Crippen LogP contribution is -2.27. The fraction of sp³-hybridized carbons (Fsp3) is 0.318. The van der Waals surface area contributed by atoms with Crippen molar-refractivity contribution < 1.29 is 33.1 Å². The number of amides is 1. The minimum atomic E-state index is -0.700. The molecule has 10 heteroatoms. The van der Waals surface area contributed by atoms with Crippen molar-refractivity contribution in [1.29, 1.82) is 0 Å². The first-order valence-electron chi connectivity index (χ1n) is 9.79. The molecule has 1 N–H and O–H groups in total. The van der Waals surface area contributed by atoms with Gasteiger partial charge < -0.3 is 28.7 Å². The minimum Gasteiger partial charge on any atom is -0.493 e. The number of rotatable bonds is 9. The first-order chi connectivity index (χ1) is 15.4. The highest BCUT2D eigenvalue weighted by Crippen LogP contribution is 2.46. The largest absolute Gasteiger partial charge is 0.493 e. The van der Waals surface area contributed by atoms with Crippen molar-refractivity contribution in [2.24, 2.45) is 0 Å². The van der Waals surface area contributed by atoms with Gasteiger partial charge in [0.1, 0.15) is 11.3 Å². The van der Waals surface area contributed by atoms with Crippen molar-refractivity contribution in [1.82, 2.24) is 5.32 Å². The molecule has 10 nitrogen and oxygen atoms in total. The smallest absolute Gasteiger partial charge is 0.327 e. The van der Waals surface area contributed by atoms with Crippen LogP contribution >= 0.6 is 0 Å². The molecule has 3 rings (SSSR count). The number of benzene rings is 2. The molecule has 0 fully saturated rings. The summed E-state index contributed by atoms with van der Waals surface area (Å²) in [7, 11) is 3.93. The number of nitro benzene ring substituents is 1. The van der Waals surface area contributed by atoms with E-state index in [9.17, 15) is 14.9 Å². The quantitative estimate of drug-likeness (QED) is 0.384. The molecule has 3 aromatic rings. The number of fused-ring (bicyclic) bond motifs is 1. The molecule has 1 atom stereocenters. The number of furan rings is 1. The third-order valence-electron chi connectivity index (χ3n) is 4.83. The number of methoxy groups -OCH3 is 3. The predicted octanol–water partition coefficient (Wildman–Crippen LogP) is 4.26. The molecule has 1 aromatic heterocycles. The van der Waals surface area contributed by atoms with Crippen molar-refractivity contribution >= 4 is 22.6 Å². The summed E-state index contributed by atoms with van der Waals surface area (Å²) in [6, 6.07) is 7.93. The van der Waals surface area contributed by atoms with E-state index in [4.69, 9.17) is 23.4 Å². The maximum absolute atomic E-state index is 13.0. The van der Waals surface area contributed by atoms with Crippen molar-refractivity contribution in [2.45, 2.75) is 19.9 Å². The van der Waals surface area contributed by atoms with Crippen LogP contribution in [0.4, 0.5) is 5.69 Å². The summed E-state index contributed by atoms with van der Waals surface area (Å²) < 4.78 is 27.1. The average molecular weight is 444 g/mol. The predicted molar refractivity (Wildman–Crippen MR) is 116 cm³/mol. The summed E-state index contributed by atoms with van der Waals surface area (Å²) >= 11 is 0. The lowest BCUT2D eigenvalue weighted by Gasteiger charge is -2.16. The highest BCUT2D eigenvalue weighted by molar-refractivity contribution is 6.01. The van der Waals surface area contributed by atoms with Gasteiger partial charge in [0, 0.05) is 11.5 Å². The van der Waals surface area contributed by atoms with E-state index < -0.39 is 22.6 Å². The molecule has 0 saturated carbocycles. The second-order valence-corrected chi connectivity index (χ2v) is 6.75. The lowest BCUT2D eigenvalue weighted by atomic mass is 10.1. The average Bonchev–Trinajstić information content (AvgIpc) is 3.23. The van der Waals surface area contributed by atoms with Crippen LogP contribution < -0.4 is 24.3 Å². The Kier molecular flexibility index (Phi) is 6.72. The number of nitrogens with zero attached hydrogens (tertiary/aromatic N) is 1. The molecule has 1 amide bonds. The van der Waals surface area contributed by atoms with Gasteiger partial charge in [0.2, 0.25) is 11.5 Å². The monoisotopic (exact) mass is 444 g/mol. The molecule has 0 radical (unpaired) electrons. The Balaban J connectivity index is 1.99. The zero-order valence-electron chi connectivity index (χ0n) is 18.4. The second-order valence-electron chi connectivity index (χ2n) is 6.75. The fourth-order valence-electron chi connectivity index (χ4n) is 3.38. The molecule has 170 valence electrons. The Morgan fingerprint density at radius 3 is 2.44 bits per heavy atom. The van der Waals surface area contributed by atoms with Crippen LogP contribution in [-0.4, -0.2) is 38.8 Å². The third kappa shape index (κ3) is 4.11. The molecule has 2 aromatic carbocycles. The zero-order valence-corrected chi connectivity index (χ0v) is 18.4. The number of carbonyl (C=O) groups is 1. The molecule has 1 heterocycles. The number of ether oxygens (including phenoxy) is 4. The van der Waals surface area contributed by atoms with Gasteiger partial charge >= 0.3 is 5.69 Å². The molecule has 0 saturated heterocycles. The van der Waals surface area contributed by atoms with Crippen LogP contribution in [0, 0.1) is 10.1 Å². The molecule has 1 unspecified atom stereocenters. The summed E-state index contributed by atoms with van der Waals surface area (Å²) in [6.45, 7) is 4.06. The van der Waals surface area contributed by atoms with E-state index in [0.717, 1.165) is 5.39 Å². The first-order valence-corrected chi connectivity index (χ1v) is 9.79. The van der Waals surface area contributed by atoms with Crippen LogP contribution in [0.2, 0.25) is 0 Å². The molecule has 0 bridgehead atoms. The molecule has 0 spiro atoms. The number of para-hydroxylation sites is 1. The van der Waals surface area contributed by atoms with Gasteiger partial charge in [-0.15, -0.1) is 0 Å². The molecular formula is C22H24N2O8. The highest BCUT2D eigenvalue weighted by atomic mass is 16.6. The summed E-state index contributed by atoms with van der Waals surface area (Å²) in [5, 5.41) is 15.3. The molecule has 32 heavy (non-hydrogen) atoms. The highest BCUT2D eigenvalue weighted by Gasteiger charge is 2.33. The van der Waals surface area contributed by atoms with Gasteiger partial charge in [-0.05, 0) is 26.0 Å². The van der Waals surface area contributed by atoms with E-state index >= 15 is 0 Å². The summed E-state index contributed by atoms with van der Waals surface area (Å²) in [5.74, 6) is 0.296. The maximum Gasteiger partial charge on any atom is 0.327 e. The van der Waals surface area contributed by atoms with Gasteiger partial charge in [-0.1, -0.05) is 12.1 Å². The van der Waals surface area contributed by atoms with Crippen LogP contribution in [0.1, 0.15) is 36.0 Å². The van der Waals surface area contributed by atoms with Crippen LogP contribution in [-0.2, 0) is 0 Å². The SMILES string of the molecule is CCOc1cccc2cc(C(C)NC(=O)c3cc(OC)c(OC)c(OC)c3[N+](=O)[O-])oc12. The van der Waals surface area contributed by atoms with Crippen LogP contribution in [0.15, 0.2) is 34.7 Å². The Hall–Kier alpha value is -3.95. The van der Waals surface area contributed by atoms with Crippen molar-refractivity contribution in [3.05, 3.63) is 51.8 Å². The Morgan fingerprint density at radius 2 is 1.84 bits per heavy atom.